The number of fused-ring (bicyclic) bond motifs is 1. The molecule has 0 aromatic heterocycles. The zero-order chi connectivity index (χ0) is 10.8. The molecule has 0 saturated carbocycles. The third-order valence-electron chi connectivity index (χ3n) is 2.74. The van der Waals surface area contributed by atoms with E-state index in [1.54, 1.807) is 12.1 Å². The summed E-state index contributed by atoms with van der Waals surface area (Å²) in [6.07, 6.45) is 4.11. The number of hydrogen-bond donors (Lipinski definition) is 2. The van der Waals surface area contributed by atoms with Gasteiger partial charge in [0.2, 0.25) is 0 Å². The zero-order valence-corrected chi connectivity index (χ0v) is 10.0. The monoisotopic (exact) mass is 241 g/mol. The van der Waals surface area contributed by atoms with Crippen molar-refractivity contribution in [3.05, 3.63) is 23.3 Å². The molecular formula is C12H16ClNO2. The Morgan fingerprint density at radius 2 is 1.94 bits per heavy atom. The Balaban J connectivity index is 0.00000128. The fourth-order valence-electron chi connectivity index (χ4n) is 1.96. The van der Waals surface area contributed by atoms with Crippen LogP contribution in [0.15, 0.2) is 12.1 Å². The molecular weight excluding hydrogens is 226 g/mol. The summed E-state index contributed by atoms with van der Waals surface area (Å²) in [6, 6.07) is 3.29. The highest BCUT2D eigenvalue weighted by molar-refractivity contribution is 5.80. The molecule has 1 heterocycles. The molecule has 0 amide bonds. The molecule has 0 saturated heterocycles. The molecule has 0 radical (unpaired) electrons. The van der Waals surface area contributed by atoms with Crippen LogP contribution in [-0.2, 0) is 6.42 Å². The average molecular weight is 242 g/mol. The van der Waals surface area contributed by atoms with Crippen LogP contribution < -0.4 is 12.4 Å². The molecule has 0 spiro atoms. The van der Waals surface area contributed by atoms with Gasteiger partial charge in [-0.05, 0) is 17.7 Å². The van der Waals surface area contributed by atoms with E-state index in [1.165, 1.54) is 0 Å². The van der Waals surface area contributed by atoms with Gasteiger partial charge in [0.25, 0.3) is 0 Å². The molecule has 1 aliphatic heterocycles. The molecule has 2 rings (SSSR count). The lowest BCUT2D eigenvalue weighted by atomic mass is 10.0. The Hall–Kier alpha value is -1.22. The summed E-state index contributed by atoms with van der Waals surface area (Å²) in [6.45, 7) is 4.18. The second-order valence-corrected chi connectivity index (χ2v) is 3.95. The van der Waals surface area contributed by atoms with Gasteiger partial charge in [-0.2, -0.15) is 0 Å². The van der Waals surface area contributed by atoms with Gasteiger partial charge in [0.05, 0.1) is 0 Å². The molecule has 0 bridgehead atoms. The van der Waals surface area contributed by atoms with Crippen LogP contribution in [0, 0.1) is 0 Å². The number of halogens is 1. The first-order chi connectivity index (χ1) is 7.20. The third-order valence-corrected chi connectivity index (χ3v) is 2.74. The number of hydrogen-bond acceptors (Lipinski definition) is 2. The largest absolute Gasteiger partial charge is 1.00 e. The van der Waals surface area contributed by atoms with E-state index in [0.717, 1.165) is 37.1 Å². The van der Waals surface area contributed by atoms with Gasteiger partial charge in [0, 0.05) is 18.4 Å². The second kappa shape index (κ2) is 5.21. The lowest BCUT2D eigenvalue weighted by Gasteiger charge is -2.12. The molecule has 1 aliphatic rings. The van der Waals surface area contributed by atoms with Gasteiger partial charge < -0.3 is 22.6 Å². The van der Waals surface area contributed by atoms with Crippen LogP contribution in [-0.4, -0.2) is 34.1 Å². The van der Waals surface area contributed by atoms with Gasteiger partial charge in [-0.1, -0.05) is 6.92 Å². The Kier molecular flexibility index (Phi) is 4.19. The molecule has 0 atom stereocenters. The van der Waals surface area contributed by atoms with Crippen molar-refractivity contribution < 1.29 is 27.2 Å². The van der Waals surface area contributed by atoms with Crippen molar-refractivity contribution in [3.8, 4) is 11.5 Å². The highest BCUT2D eigenvalue weighted by Gasteiger charge is 2.17. The summed E-state index contributed by atoms with van der Waals surface area (Å²) in [5.74, 6) is -0.0607. The van der Waals surface area contributed by atoms with Crippen molar-refractivity contribution in [1.82, 2.24) is 0 Å². The van der Waals surface area contributed by atoms with E-state index in [9.17, 15) is 10.2 Å². The Morgan fingerprint density at radius 3 is 2.62 bits per heavy atom. The minimum Gasteiger partial charge on any atom is -1.00 e. The lowest BCUT2D eigenvalue weighted by molar-refractivity contribution is -0.524. The fraction of sp³-hybridized carbons (Fsp3) is 0.417. The smallest absolute Gasteiger partial charge is 0.171 e. The second-order valence-electron chi connectivity index (χ2n) is 3.95. The fourth-order valence-corrected chi connectivity index (χ4v) is 1.96. The van der Waals surface area contributed by atoms with E-state index in [2.05, 4.69) is 17.7 Å². The number of phenols is 2. The molecule has 88 valence electrons. The summed E-state index contributed by atoms with van der Waals surface area (Å²) in [5.41, 5.74) is 2.13. The predicted octanol–water partition coefficient (Wildman–Crippen LogP) is -1.50. The first-order valence-electron chi connectivity index (χ1n) is 5.34. The van der Waals surface area contributed by atoms with Crippen LogP contribution >= 0.6 is 0 Å². The summed E-state index contributed by atoms with van der Waals surface area (Å²) < 4.78 is 2.25. The maximum atomic E-state index is 9.40. The molecule has 0 aliphatic carbocycles. The molecule has 2 N–H and O–H groups in total. The normalized spacial score (nSPS) is 13.7. The van der Waals surface area contributed by atoms with Gasteiger partial charge in [0.15, 0.2) is 17.7 Å². The Labute approximate surface area is 101 Å². The quantitative estimate of drug-likeness (QED) is 0.489. The SMILES string of the molecule is CCC[N+]1=Cc2cc(O)c(O)cc2CC1.[Cl-]. The molecule has 1 aromatic carbocycles. The van der Waals surface area contributed by atoms with Gasteiger partial charge in [0.1, 0.15) is 13.1 Å². The number of phenolic OH excluding ortho intramolecular Hbond substituents is 2. The van der Waals surface area contributed by atoms with E-state index in [-0.39, 0.29) is 23.9 Å². The first kappa shape index (κ1) is 12.8. The zero-order valence-electron chi connectivity index (χ0n) is 9.28. The first-order valence-corrected chi connectivity index (χ1v) is 5.34. The van der Waals surface area contributed by atoms with Crippen LogP contribution in [0.2, 0.25) is 0 Å². The highest BCUT2D eigenvalue weighted by atomic mass is 35.5. The number of rotatable bonds is 2. The van der Waals surface area contributed by atoms with E-state index in [0.29, 0.717) is 0 Å². The topological polar surface area (TPSA) is 43.5 Å². The van der Waals surface area contributed by atoms with Crippen molar-refractivity contribution >= 4 is 6.21 Å². The summed E-state index contributed by atoms with van der Waals surface area (Å²) >= 11 is 0. The highest BCUT2D eigenvalue weighted by Crippen LogP contribution is 2.28. The van der Waals surface area contributed by atoms with Crippen LogP contribution in [0.25, 0.3) is 0 Å². The van der Waals surface area contributed by atoms with E-state index in [1.807, 2.05) is 0 Å². The van der Waals surface area contributed by atoms with Gasteiger partial charge in [-0.25, -0.2) is 4.58 Å². The lowest BCUT2D eigenvalue weighted by Crippen LogP contribution is -3.00. The summed E-state index contributed by atoms with van der Waals surface area (Å²) in [4.78, 5) is 0. The Morgan fingerprint density at radius 1 is 1.25 bits per heavy atom. The van der Waals surface area contributed by atoms with Crippen LogP contribution in [0.3, 0.4) is 0 Å². The maximum absolute atomic E-state index is 9.40. The molecule has 4 heteroatoms. The Bertz CT molecular complexity index is 416. The third kappa shape index (κ3) is 2.47. The van der Waals surface area contributed by atoms with E-state index >= 15 is 0 Å². The van der Waals surface area contributed by atoms with Gasteiger partial charge in [-0.15, -0.1) is 0 Å². The molecule has 0 unspecified atom stereocenters. The molecule has 0 fully saturated rings. The van der Waals surface area contributed by atoms with Crippen molar-refractivity contribution in [2.75, 3.05) is 13.1 Å². The number of aromatic hydroxyl groups is 2. The summed E-state index contributed by atoms with van der Waals surface area (Å²) in [7, 11) is 0. The molecule has 1 aromatic rings. The molecule has 16 heavy (non-hydrogen) atoms. The minimum absolute atomic E-state index is 0. The average Bonchev–Trinajstić information content (AvgIpc) is 2.21. The van der Waals surface area contributed by atoms with E-state index in [4.69, 9.17) is 0 Å². The van der Waals surface area contributed by atoms with Crippen molar-refractivity contribution in [1.29, 1.82) is 0 Å². The predicted molar refractivity (Wildman–Crippen MR) is 58.9 cm³/mol. The van der Waals surface area contributed by atoms with Crippen molar-refractivity contribution in [2.45, 2.75) is 19.8 Å². The van der Waals surface area contributed by atoms with Gasteiger partial charge >= 0.3 is 0 Å². The minimum atomic E-state index is -0.0386. The maximum Gasteiger partial charge on any atom is 0.171 e. The van der Waals surface area contributed by atoms with Crippen LogP contribution in [0.5, 0.6) is 11.5 Å². The van der Waals surface area contributed by atoms with Crippen LogP contribution in [0.4, 0.5) is 0 Å². The van der Waals surface area contributed by atoms with Crippen molar-refractivity contribution in [3.63, 3.8) is 0 Å². The van der Waals surface area contributed by atoms with E-state index < -0.39 is 0 Å². The van der Waals surface area contributed by atoms with Crippen molar-refractivity contribution in [2.24, 2.45) is 0 Å². The summed E-state index contributed by atoms with van der Waals surface area (Å²) in [5, 5.41) is 18.8. The number of nitrogens with zero attached hydrogens (tertiary/aromatic N) is 1. The van der Waals surface area contributed by atoms with Gasteiger partial charge in [-0.3, -0.25) is 0 Å². The molecule has 3 nitrogen and oxygen atoms in total. The standard InChI is InChI=1S/C12H15NO2.ClH/c1-2-4-13-5-3-9-6-11(14)12(15)7-10(9)8-13;/h6-8,15H,2-5H2,1H3;1H. The van der Waals surface area contributed by atoms with Crippen LogP contribution in [0.1, 0.15) is 24.5 Å². The number of benzene rings is 1.